The van der Waals surface area contributed by atoms with Gasteiger partial charge in [-0.2, -0.15) is 4.98 Å². The highest BCUT2D eigenvalue weighted by atomic mass is 16.5. The monoisotopic (exact) mass is 323 g/mol. The Hall–Kier alpha value is -2.17. The number of rotatable bonds is 4. The van der Waals surface area contributed by atoms with Crippen LogP contribution in [0.5, 0.6) is 0 Å². The van der Waals surface area contributed by atoms with Gasteiger partial charge in [0.2, 0.25) is 17.6 Å². The standard InChI is InChI=1S/C19H21N3O2/c1-19(8-9-19)18(23)20-15-7-5-12-10-13(4-6-14(12)15)16-21-17(24-22-16)11-2-3-11/h4,6,10-11,15H,2-3,5,7-9H2,1H3,(H,20,23)/t15-/m1/s1. The number of fused-ring (bicyclic) bond motifs is 1. The Morgan fingerprint density at radius 1 is 1.29 bits per heavy atom. The van der Waals surface area contributed by atoms with Gasteiger partial charge in [-0.25, -0.2) is 0 Å². The zero-order valence-corrected chi connectivity index (χ0v) is 13.8. The molecule has 0 radical (unpaired) electrons. The minimum absolute atomic E-state index is 0.119. The molecule has 5 rings (SSSR count). The van der Waals surface area contributed by atoms with Gasteiger partial charge < -0.3 is 9.84 Å². The molecule has 1 aromatic heterocycles. The first-order valence-electron chi connectivity index (χ1n) is 8.90. The lowest BCUT2D eigenvalue weighted by Gasteiger charge is -2.17. The summed E-state index contributed by atoms with van der Waals surface area (Å²) >= 11 is 0. The van der Waals surface area contributed by atoms with Crippen LogP contribution in [0, 0.1) is 5.41 Å². The Kier molecular flexibility index (Phi) is 2.91. The van der Waals surface area contributed by atoms with Crippen molar-refractivity contribution in [3.63, 3.8) is 0 Å². The molecule has 124 valence electrons. The highest BCUT2D eigenvalue weighted by Gasteiger charge is 2.45. The first-order valence-corrected chi connectivity index (χ1v) is 8.90. The molecule has 24 heavy (non-hydrogen) atoms. The fraction of sp³-hybridized carbons (Fsp3) is 0.526. The quantitative estimate of drug-likeness (QED) is 0.935. The molecule has 1 amide bonds. The van der Waals surface area contributed by atoms with Gasteiger partial charge in [0.15, 0.2) is 0 Å². The Morgan fingerprint density at radius 3 is 2.88 bits per heavy atom. The third-order valence-electron chi connectivity index (χ3n) is 5.70. The average molecular weight is 323 g/mol. The molecule has 3 aliphatic rings. The van der Waals surface area contributed by atoms with Gasteiger partial charge in [0.1, 0.15) is 0 Å². The van der Waals surface area contributed by atoms with Crippen LogP contribution in [-0.4, -0.2) is 16.0 Å². The van der Waals surface area contributed by atoms with Gasteiger partial charge in [-0.1, -0.05) is 24.2 Å². The number of nitrogens with one attached hydrogen (secondary N) is 1. The summed E-state index contributed by atoms with van der Waals surface area (Å²) in [6.45, 7) is 2.05. The van der Waals surface area contributed by atoms with Crippen molar-refractivity contribution in [1.29, 1.82) is 0 Å². The molecule has 5 nitrogen and oxygen atoms in total. The van der Waals surface area contributed by atoms with Crippen molar-refractivity contribution < 1.29 is 9.32 Å². The van der Waals surface area contributed by atoms with E-state index in [1.807, 2.05) is 6.07 Å². The van der Waals surface area contributed by atoms with Crippen LogP contribution in [0.15, 0.2) is 22.7 Å². The smallest absolute Gasteiger partial charge is 0.230 e. The molecule has 0 bridgehead atoms. The lowest BCUT2D eigenvalue weighted by atomic mass is 10.0. The highest BCUT2D eigenvalue weighted by Crippen LogP contribution is 2.46. The third-order valence-corrected chi connectivity index (χ3v) is 5.70. The fourth-order valence-corrected chi connectivity index (χ4v) is 3.50. The van der Waals surface area contributed by atoms with E-state index in [9.17, 15) is 4.79 Å². The van der Waals surface area contributed by atoms with E-state index < -0.39 is 0 Å². The van der Waals surface area contributed by atoms with Gasteiger partial charge in [0.05, 0.1) is 6.04 Å². The number of aryl methyl sites for hydroxylation is 1. The van der Waals surface area contributed by atoms with E-state index in [4.69, 9.17) is 4.52 Å². The molecule has 5 heteroatoms. The van der Waals surface area contributed by atoms with Gasteiger partial charge in [-0.05, 0) is 55.7 Å². The van der Waals surface area contributed by atoms with Crippen LogP contribution in [-0.2, 0) is 11.2 Å². The van der Waals surface area contributed by atoms with Crippen molar-refractivity contribution in [2.24, 2.45) is 5.41 Å². The summed E-state index contributed by atoms with van der Waals surface area (Å²) in [6, 6.07) is 6.46. The van der Waals surface area contributed by atoms with Crippen molar-refractivity contribution in [3.05, 3.63) is 35.2 Å². The number of amides is 1. The van der Waals surface area contributed by atoms with E-state index in [1.165, 1.54) is 11.1 Å². The first kappa shape index (κ1) is 14.2. The number of hydrogen-bond acceptors (Lipinski definition) is 4. The molecule has 2 aromatic rings. The van der Waals surface area contributed by atoms with Crippen molar-refractivity contribution in [2.45, 2.75) is 57.4 Å². The maximum atomic E-state index is 12.3. The second-order valence-electron chi connectivity index (χ2n) is 7.77. The summed E-state index contributed by atoms with van der Waals surface area (Å²) in [5.41, 5.74) is 3.41. The number of nitrogens with zero attached hydrogens (tertiary/aromatic N) is 2. The van der Waals surface area contributed by atoms with Crippen molar-refractivity contribution >= 4 is 5.91 Å². The van der Waals surface area contributed by atoms with Crippen LogP contribution in [0.3, 0.4) is 0 Å². The van der Waals surface area contributed by atoms with E-state index in [0.29, 0.717) is 11.7 Å². The van der Waals surface area contributed by atoms with E-state index >= 15 is 0 Å². The molecule has 1 N–H and O–H groups in total. The maximum Gasteiger partial charge on any atom is 0.230 e. The molecule has 0 spiro atoms. The molecule has 1 heterocycles. The second kappa shape index (κ2) is 4.91. The van der Waals surface area contributed by atoms with Gasteiger partial charge in [-0.3, -0.25) is 4.79 Å². The zero-order chi connectivity index (χ0) is 16.3. The van der Waals surface area contributed by atoms with Crippen molar-refractivity contribution in [1.82, 2.24) is 15.5 Å². The summed E-state index contributed by atoms with van der Waals surface area (Å²) in [4.78, 5) is 16.8. The van der Waals surface area contributed by atoms with Crippen LogP contribution in [0.1, 0.15) is 68.0 Å². The number of carbonyl (C=O) groups is 1. The van der Waals surface area contributed by atoms with Gasteiger partial charge in [-0.15, -0.1) is 0 Å². The minimum Gasteiger partial charge on any atom is -0.349 e. The lowest BCUT2D eigenvalue weighted by Crippen LogP contribution is -2.32. The van der Waals surface area contributed by atoms with Crippen LogP contribution in [0.25, 0.3) is 11.4 Å². The van der Waals surface area contributed by atoms with Gasteiger partial charge in [0, 0.05) is 16.9 Å². The van der Waals surface area contributed by atoms with Crippen LogP contribution < -0.4 is 5.32 Å². The number of aromatic nitrogens is 2. The SMILES string of the molecule is CC1(C(=O)N[C@@H]2CCc3cc(-c4noc(C5CC5)n4)ccc32)CC1. The molecule has 1 atom stereocenters. The Labute approximate surface area is 140 Å². The van der Waals surface area contributed by atoms with E-state index in [0.717, 1.165) is 50.0 Å². The van der Waals surface area contributed by atoms with Gasteiger partial charge in [0.25, 0.3) is 0 Å². The van der Waals surface area contributed by atoms with Crippen molar-refractivity contribution in [3.8, 4) is 11.4 Å². The van der Waals surface area contributed by atoms with E-state index in [-0.39, 0.29) is 17.4 Å². The lowest BCUT2D eigenvalue weighted by molar-refractivity contribution is -0.126. The Morgan fingerprint density at radius 2 is 2.12 bits per heavy atom. The molecule has 1 aromatic carbocycles. The molecular formula is C19H21N3O2. The summed E-state index contributed by atoms with van der Waals surface area (Å²) in [5.74, 6) is 2.13. The molecule has 0 unspecified atom stereocenters. The van der Waals surface area contributed by atoms with Crippen LogP contribution in [0.2, 0.25) is 0 Å². The predicted octanol–water partition coefficient (Wildman–Crippen LogP) is 3.52. The number of benzene rings is 1. The van der Waals surface area contributed by atoms with E-state index in [2.05, 4.69) is 34.5 Å². The van der Waals surface area contributed by atoms with Crippen molar-refractivity contribution in [2.75, 3.05) is 0 Å². The largest absolute Gasteiger partial charge is 0.349 e. The summed E-state index contributed by atoms with van der Waals surface area (Å²) in [6.07, 6.45) is 6.30. The molecule has 0 aliphatic heterocycles. The molecular weight excluding hydrogens is 302 g/mol. The zero-order valence-electron chi connectivity index (χ0n) is 13.8. The second-order valence-corrected chi connectivity index (χ2v) is 7.77. The van der Waals surface area contributed by atoms with Crippen LogP contribution in [0.4, 0.5) is 0 Å². The maximum absolute atomic E-state index is 12.3. The molecule has 2 fully saturated rings. The summed E-state index contributed by atoms with van der Waals surface area (Å²) < 4.78 is 5.36. The third kappa shape index (κ3) is 2.34. The molecule has 3 aliphatic carbocycles. The Bertz CT molecular complexity index is 818. The van der Waals surface area contributed by atoms with Crippen LogP contribution >= 0.6 is 0 Å². The first-order chi connectivity index (χ1) is 11.6. The summed E-state index contributed by atoms with van der Waals surface area (Å²) in [7, 11) is 0. The molecule has 0 saturated heterocycles. The number of carbonyl (C=O) groups excluding carboxylic acids is 1. The fourth-order valence-electron chi connectivity index (χ4n) is 3.50. The normalized spacial score (nSPS) is 23.8. The molecule has 2 saturated carbocycles. The predicted molar refractivity (Wildman–Crippen MR) is 88.3 cm³/mol. The minimum atomic E-state index is -0.119. The summed E-state index contributed by atoms with van der Waals surface area (Å²) in [5, 5.41) is 7.36. The van der Waals surface area contributed by atoms with Gasteiger partial charge >= 0.3 is 0 Å². The topological polar surface area (TPSA) is 68.0 Å². The van der Waals surface area contributed by atoms with E-state index in [1.54, 1.807) is 0 Å². The number of hydrogen-bond donors (Lipinski definition) is 1. The highest BCUT2D eigenvalue weighted by molar-refractivity contribution is 5.85. The Balaban J connectivity index is 1.37. The average Bonchev–Trinajstić information content (AvgIpc) is 3.49.